The molecule has 2 aromatic heterocycles. The SMILES string of the molecule is O=C(Nc1ccccc1-c1cccs1)c1ccc(Br)o1. The maximum atomic E-state index is 12.1. The number of furan rings is 1. The highest BCUT2D eigenvalue weighted by Gasteiger charge is 2.13. The Bertz CT molecular complexity index is 734. The third-order valence-electron chi connectivity index (χ3n) is 2.76. The van der Waals surface area contributed by atoms with Gasteiger partial charge >= 0.3 is 0 Å². The second kappa shape index (κ2) is 5.64. The summed E-state index contributed by atoms with van der Waals surface area (Å²) in [4.78, 5) is 13.2. The van der Waals surface area contributed by atoms with Gasteiger partial charge in [0.25, 0.3) is 5.91 Å². The lowest BCUT2D eigenvalue weighted by Crippen LogP contribution is -2.11. The summed E-state index contributed by atoms with van der Waals surface area (Å²) >= 11 is 4.82. The Morgan fingerprint density at radius 2 is 1.95 bits per heavy atom. The van der Waals surface area contributed by atoms with Crippen molar-refractivity contribution in [2.24, 2.45) is 0 Å². The highest BCUT2D eigenvalue weighted by atomic mass is 79.9. The quantitative estimate of drug-likeness (QED) is 0.722. The van der Waals surface area contributed by atoms with E-state index < -0.39 is 0 Å². The predicted molar refractivity (Wildman–Crippen MR) is 84.1 cm³/mol. The van der Waals surface area contributed by atoms with E-state index in [4.69, 9.17) is 4.42 Å². The number of hydrogen-bond donors (Lipinski definition) is 1. The summed E-state index contributed by atoms with van der Waals surface area (Å²) in [7, 11) is 0. The summed E-state index contributed by atoms with van der Waals surface area (Å²) in [6.45, 7) is 0. The molecule has 1 N–H and O–H groups in total. The first-order valence-electron chi connectivity index (χ1n) is 5.93. The maximum Gasteiger partial charge on any atom is 0.291 e. The second-order valence-corrected chi connectivity index (χ2v) is 5.81. The molecule has 3 nitrogen and oxygen atoms in total. The van der Waals surface area contributed by atoms with Gasteiger partial charge in [-0.1, -0.05) is 24.3 Å². The monoisotopic (exact) mass is 347 g/mol. The zero-order valence-corrected chi connectivity index (χ0v) is 12.7. The van der Waals surface area contributed by atoms with Gasteiger partial charge in [0.05, 0.1) is 0 Å². The van der Waals surface area contributed by atoms with E-state index in [1.807, 2.05) is 41.8 Å². The molecule has 0 radical (unpaired) electrons. The minimum atomic E-state index is -0.264. The van der Waals surface area contributed by atoms with E-state index in [1.54, 1.807) is 23.5 Å². The molecule has 5 heteroatoms. The molecule has 20 heavy (non-hydrogen) atoms. The number of anilines is 1. The van der Waals surface area contributed by atoms with Gasteiger partial charge in [-0.25, -0.2) is 0 Å². The van der Waals surface area contributed by atoms with Gasteiger partial charge in [-0.05, 0) is 45.6 Å². The van der Waals surface area contributed by atoms with Crippen LogP contribution < -0.4 is 5.32 Å². The summed E-state index contributed by atoms with van der Waals surface area (Å²) < 4.78 is 5.79. The Labute approximate surface area is 128 Å². The minimum Gasteiger partial charge on any atom is -0.444 e. The third kappa shape index (κ3) is 2.69. The van der Waals surface area contributed by atoms with Crippen LogP contribution in [0.5, 0.6) is 0 Å². The highest BCUT2D eigenvalue weighted by molar-refractivity contribution is 9.10. The van der Waals surface area contributed by atoms with Crippen LogP contribution >= 0.6 is 27.3 Å². The van der Waals surface area contributed by atoms with Crippen molar-refractivity contribution >= 4 is 38.9 Å². The van der Waals surface area contributed by atoms with Crippen molar-refractivity contribution in [2.75, 3.05) is 5.32 Å². The number of carbonyl (C=O) groups excluding carboxylic acids is 1. The fourth-order valence-corrected chi connectivity index (χ4v) is 2.93. The van der Waals surface area contributed by atoms with Crippen molar-refractivity contribution in [3.8, 4) is 10.4 Å². The van der Waals surface area contributed by atoms with E-state index in [0.717, 1.165) is 16.1 Å². The van der Waals surface area contributed by atoms with Crippen molar-refractivity contribution in [2.45, 2.75) is 0 Å². The normalized spacial score (nSPS) is 10.4. The molecule has 0 saturated carbocycles. The topological polar surface area (TPSA) is 42.2 Å². The number of halogens is 1. The molecule has 0 fully saturated rings. The van der Waals surface area contributed by atoms with Gasteiger partial charge < -0.3 is 9.73 Å². The lowest BCUT2D eigenvalue weighted by molar-refractivity contribution is 0.0995. The van der Waals surface area contributed by atoms with Crippen LogP contribution in [0.4, 0.5) is 5.69 Å². The van der Waals surface area contributed by atoms with Crippen LogP contribution in [0.25, 0.3) is 10.4 Å². The van der Waals surface area contributed by atoms with Crippen LogP contribution in [0.15, 0.2) is 63.0 Å². The molecule has 0 spiro atoms. The van der Waals surface area contributed by atoms with Crippen molar-refractivity contribution in [1.82, 2.24) is 0 Å². The van der Waals surface area contributed by atoms with Crippen molar-refractivity contribution in [3.05, 3.63) is 64.3 Å². The number of hydrogen-bond acceptors (Lipinski definition) is 3. The standard InChI is InChI=1S/C15H10BrNO2S/c16-14-8-7-12(19-14)15(18)17-11-5-2-1-4-10(11)13-6-3-9-20-13/h1-9H,(H,17,18). The number of rotatable bonds is 3. The molecular weight excluding hydrogens is 338 g/mol. The first kappa shape index (κ1) is 13.1. The minimum absolute atomic E-state index is 0.264. The average molecular weight is 348 g/mol. The van der Waals surface area contributed by atoms with Gasteiger partial charge in [0.2, 0.25) is 0 Å². The molecule has 100 valence electrons. The number of thiophene rings is 1. The molecule has 0 aliphatic carbocycles. The summed E-state index contributed by atoms with van der Waals surface area (Å²) in [5, 5.41) is 4.89. The van der Waals surface area contributed by atoms with E-state index >= 15 is 0 Å². The van der Waals surface area contributed by atoms with Crippen molar-refractivity contribution < 1.29 is 9.21 Å². The van der Waals surface area contributed by atoms with E-state index in [-0.39, 0.29) is 11.7 Å². The van der Waals surface area contributed by atoms with E-state index in [2.05, 4.69) is 21.2 Å². The van der Waals surface area contributed by atoms with Crippen LogP contribution in [0.1, 0.15) is 10.6 Å². The molecule has 3 aromatic rings. The Morgan fingerprint density at radius 3 is 2.65 bits per heavy atom. The summed E-state index contributed by atoms with van der Waals surface area (Å²) in [6, 6.07) is 15.1. The summed E-state index contributed by atoms with van der Waals surface area (Å²) in [5.74, 6) is 0.0116. The molecule has 1 amide bonds. The number of amides is 1. The lowest BCUT2D eigenvalue weighted by Gasteiger charge is -2.08. The van der Waals surface area contributed by atoms with Crippen LogP contribution in [0, 0.1) is 0 Å². The molecule has 2 heterocycles. The van der Waals surface area contributed by atoms with E-state index in [9.17, 15) is 4.79 Å². The predicted octanol–water partition coefficient (Wildman–Crippen LogP) is 5.02. The lowest BCUT2D eigenvalue weighted by atomic mass is 10.1. The summed E-state index contributed by atoms with van der Waals surface area (Å²) in [5.41, 5.74) is 1.77. The first-order valence-corrected chi connectivity index (χ1v) is 7.61. The van der Waals surface area contributed by atoms with Crippen molar-refractivity contribution in [3.63, 3.8) is 0 Å². The number of nitrogens with one attached hydrogen (secondary N) is 1. The molecule has 0 aliphatic heterocycles. The van der Waals surface area contributed by atoms with Crippen LogP contribution in [0.2, 0.25) is 0 Å². The number of carbonyl (C=O) groups is 1. The summed E-state index contributed by atoms with van der Waals surface area (Å²) in [6.07, 6.45) is 0. The van der Waals surface area contributed by atoms with Crippen LogP contribution in [-0.4, -0.2) is 5.91 Å². The maximum absolute atomic E-state index is 12.1. The molecular formula is C15H10BrNO2S. The number of para-hydroxylation sites is 1. The Morgan fingerprint density at radius 1 is 1.10 bits per heavy atom. The zero-order valence-electron chi connectivity index (χ0n) is 10.3. The van der Waals surface area contributed by atoms with Crippen LogP contribution in [0.3, 0.4) is 0 Å². The highest BCUT2D eigenvalue weighted by Crippen LogP contribution is 2.31. The fourth-order valence-electron chi connectivity index (χ4n) is 1.86. The average Bonchev–Trinajstić information content (AvgIpc) is 3.10. The third-order valence-corrected chi connectivity index (χ3v) is 4.09. The van der Waals surface area contributed by atoms with Gasteiger partial charge in [0.15, 0.2) is 10.4 Å². The van der Waals surface area contributed by atoms with E-state index in [1.165, 1.54) is 0 Å². The smallest absolute Gasteiger partial charge is 0.291 e. The zero-order chi connectivity index (χ0) is 13.9. The Hall–Kier alpha value is -1.85. The number of benzene rings is 1. The largest absolute Gasteiger partial charge is 0.444 e. The fraction of sp³-hybridized carbons (Fsp3) is 0. The van der Waals surface area contributed by atoms with E-state index in [0.29, 0.717) is 4.67 Å². The van der Waals surface area contributed by atoms with Gasteiger partial charge in [0, 0.05) is 16.1 Å². The molecule has 0 atom stereocenters. The van der Waals surface area contributed by atoms with Crippen molar-refractivity contribution in [1.29, 1.82) is 0 Å². The van der Waals surface area contributed by atoms with Gasteiger partial charge in [-0.2, -0.15) is 0 Å². The molecule has 0 unspecified atom stereocenters. The molecule has 3 rings (SSSR count). The molecule has 0 aliphatic rings. The first-order chi connectivity index (χ1) is 9.74. The molecule has 1 aromatic carbocycles. The Balaban J connectivity index is 1.90. The van der Waals surface area contributed by atoms with Crippen LogP contribution in [-0.2, 0) is 0 Å². The molecule has 0 bridgehead atoms. The Kier molecular flexibility index (Phi) is 3.71. The van der Waals surface area contributed by atoms with Gasteiger partial charge in [-0.15, -0.1) is 11.3 Å². The van der Waals surface area contributed by atoms with Gasteiger partial charge in [-0.3, -0.25) is 4.79 Å². The molecule has 0 saturated heterocycles. The van der Waals surface area contributed by atoms with Gasteiger partial charge in [0.1, 0.15) is 0 Å². The second-order valence-electron chi connectivity index (χ2n) is 4.08.